The molecule has 2 aliphatic heterocycles. The van der Waals surface area contributed by atoms with Gasteiger partial charge in [-0.05, 0) is 31.0 Å². The summed E-state index contributed by atoms with van der Waals surface area (Å²) in [6, 6.07) is 13.0. The molecule has 0 spiro atoms. The molecule has 1 saturated heterocycles. The molecule has 2 fully saturated rings. The van der Waals surface area contributed by atoms with E-state index in [1.165, 1.54) is 11.0 Å². The van der Waals surface area contributed by atoms with Crippen LogP contribution in [-0.2, 0) is 20.0 Å². The fourth-order valence-electron chi connectivity index (χ4n) is 5.05. The zero-order valence-electron chi connectivity index (χ0n) is 16.8. The molecule has 7 heteroatoms. The van der Waals surface area contributed by atoms with E-state index in [-0.39, 0.29) is 29.2 Å². The Balaban J connectivity index is 1.42. The van der Waals surface area contributed by atoms with E-state index < -0.39 is 23.7 Å². The summed E-state index contributed by atoms with van der Waals surface area (Å²) in [5, 5.41) is 13.6. The highest BCUT2D eigenvalue weighted by Crippen LogP contribution is 2.41. The standard InChI is InChI=1S/C24H22N2O5/c27-20(13-24(31)18-10-3-4-11-19(18)25-23(24)30)14-6-5-7-15(12-14)26-21(28)16-8-1-2-9-17(16)22(26)29/h3-7,10-12,16-17,31H,1-2,8-9,13H2,(H,25,30)/t16-,17-,24-/m1/s1. The Hall–Kier alpha value is -3.32. The molecule has 0 radical (unpaired) electrons. The van der Waals surface area contributed by atoms with E-state index in [9.17, 15) is 24.3 Å². The van der Waals surface area contributed by atoms with Crippen LogP contribution in [0.4, 0.5) is 11.4 Å². The topological polar surface area (TPSA) is 104 Å². The average molecular weight is 418 g/mol. The predicted octanol–water partition coefficient (Wildman–Crippen LogP) is 2.78. The van der Waals surface area contributed by atoms with Crippen molar-refractivity contribution in [3.63, 3.8) is 0 Å². The predicted molar refractivity (Wildman–Crippen MR) is 112 cm³/mol. The average Bonchev–Trinajstić information content (AvgIpc) is 3.18. The molecule has 3 aliphatic rings. The number of nitrogens with zero attached hydrogens (tertiary/aromatic N) is 1. The van der Waals surface area contributed by atoms with Crippen LogP contribution in [0.25, 0.3) is 0 Å². The third kappa shape index (κ3) is 2.99. The number of anilines is 2. The molecule has 2 heterocycles. The number of rotatable bonds is 4. The van der Waals surface area contributed by atoms with Gasteiger partial charge in [0.05, 0.1) is 23.9 Å². The molecule has 31 heavy (non-hydrogen) atoms. The maximum atomic E-state index is 13.0. The number of aliphatic hydroxyl groups is 1. The number of Topliss-reactive ketones (excluding diaryl/α,β-unsaturated/α-hetero) is 1. The zero-order valence-corrected chi connectivity index (χ0v) is 16.8. The van der Waals surface area contributed by atoms with Gasteiger partial charge in [0.1, 0.15) is 0 Å². The number of fused-ring (bicyclic) bond motifs is 2. The number of hydrogen-bond donors (Lipinski definition) is 2. The molecule has 1 saturated carbocycles. The maximum Gasteiger partial charge on any atom is 0.261 e. The normalized spacial score (nSPS) is 27.1. The van der Waals surface area contributed by atoms with Crippen molar-refractivity contribution in [2.24, 2.45) is 11.8 Å². The van der Waals surface area contributed by atoms with Gasteiger partial charge in [-0.15, -0.1) is 0 Å². The highest BCUT2D eigenvalue weighted by atomic mass is 16.3. The lowest BCUT2D eigenvalue weighted by Gasteiger charge is -2.20. The van der Waals surface area contributed by atoms with Gasteiger partial charge in [-0.2, -0.15) is 0 Å². The van der Waals surface area contributed by atoms with E-state index in [1.54, 1.807) is 42.5 Å². The lowest BCUT2D eigenvalue weighted by atomic mass is 9.81. The monoisotopic (exact) mass is 418 g/mol. The van der Waals surface area contributed by atoms with Crippen molar-refractivity contribution < 1.29 is 24.3 Å². The van der Waals surface area contributed by atoms with Crippen LogP contribution in [0, 0.1) is 11.8 Å². The van der Waals surface area contributed by atoms with Crippen LogP contribution in [0.5, 0.6) is 0 Å². The van der Waals surface area contributed by atoms with Gasteiger partial charge in [0.15, 0.2) is 11.4 Å². The van der Waals surface area contributed by atoms with Crippen molar-refractivity contribution in [3.05, 3.63) is 59.7 Å². The summed E-state index contributed by atoms with van der Waals surface area (Å²) in [6.45, 7) is 0. The van der Waals surface area contributed by atoms with Crippen molar-refractivity contribution in [2.45, 2.75) is 37.7 Å². The first-order valence-corrected chi connectivity index (χ1v) is 10.5. The Labute approximate surface area is 179 Å². The van der Waals surface area contributed by atoms with Gasteiger partial charge < -0.3 is 10.4 Å². The molecule has 158 valence electrons. The molecule has 0 aromatic heterocycles. The molecule has 2 N–H and O–H groups in total. The highest BCUT2D eigenvalue weighted by Gasteiger charge is 2.49. The summed E-state index contributed by atoms with van der Waals surface area (Å²) in [5.41, 5.74) is -0.527. The minimum Gasteiger partial charge on any atom is -0.375 e. The minimum atomic E-state index is -1.96. The van der Waals surface area contributed by atoms with Crippen LogP contribution >= 0.6 is 0 Å². The molecular weight excluding hydrogens is 396 g/mol. The first kappa shape index (κ1) is 19.6. The van der Waals surface area contributed by atoms with Gasteiger partial charge in [0.2, 0.25) is 11.8 Å². The van der Waals surface area contributed by atoms with Crippen LogP contribution < -0.4 is 10.2 Å². The molecule has 3 amide bonds. The van der Waals surface area contributed by atoms with Crippen LogP contribution in [0.2, 0.25) is 0 Å². The third-order valence-electron chi connectivity index (χ3n) is 6.68. The number of carbonyl (C=O) groups is 4. The van der Waals surface area contributed by atoms with Gasteiger partial charge in [-0.25, -0.2) is 0 Å². The molecule has 7 nitrogen and oxygen atoms in total. The van der Waals surface area contributed by atoms with Crippen molar-refractivity contribution in [3.8, 4) is 0 Å². The van der Waals surface area contributed by atoms with Crippen LogP contribution in [0.15, 0.2) is 48.5 Å². The lowest BCUT2D eigenvalue weighted by Crippen LogP contribution is -2.36. The number of amides is 3. The summed E-state index contributed by atoms with van der Waals surface area (Å²) in [7, 11) is 0. The molecule has 3 atom stereocenters. The van der Waals surface area contributed by atoms with Gasteiger partial charge in [0.25, 0.3) is 5.91 Å². The number of benzene rings is 2. The van der Waals surface area contributed by atoms with E-state index in [1.807, 2.05) is 0 Å². The summed E-state index contributed by atoms with van der Waals surface area (Å²) in [5.74, 6) is -2.07. The molecule has 2 aromatic rings. The number of hydrogen-bond acceptors (Lipinski definition) is 5. The van der Waals surface area contributed by atoms with E-state index in [4.69, 9.17) is 0 Å². The van der Waals surface area contributed by atoms with Crippen molar-refractivity contribution in [1.29, 1.82) is 0 Å². The fraction of sp³-hybridized carbons (Fsp3) is 0.333. The number of imide groups is 1. The number of nitrogens with one attached hydrogen (secondary N) is 1. The molecule has 2 aromatic carbocycles. The molecule has 5 rings (SSSR count). The maximum absolute atomic E-state index is 13.0. The first-order valence-electron chi connectivity index (χ1n) is 10.5. The number of carbonyl (C=O) groups excluding carboxylic acids is 4. The fourth-order valence-corrected chi connectivity index (χ4v) is 5.05. The van der Waals surface area contributed by atoms with Crippen LogP contribution in [0.3, 0.4) is 0 Å². The van der Waals surface area contributed by atoms with Gasteiger partial charge in [-0.3, -0.25) is 24.1 Å². The Morgan fingerprint density at radius 3 is 2.39 bits per heavy atom. The SMILES string of the molecule is O=C(C[C@]1(O)C(=O)Nc2ccccc21)c1cccc(N2C(=O)[C@@H]3CCCC[C@H]3C2=O)c1. The molecular formula is C24H22N2O5. The minimum absolute atomic E-state index is 0.206. The summed E-state index contributed by atoms with van der Waals surface area (Å²) < 4.78 is 0. The molecule has 1 aliphatic carbocycles. The quantitative estimate of drug-likeness (QED) is 0.587. The van der Waals surface area contributed by atoms with Gasteiger partial charge >= 0.3 is 0 Å². The summed E-state index contributed by atoms with van der Waals surface area (Å²) >= 11 is 0. The second-order valence-electron chi connectivity index (χ2n) is 8.52. The molecule has 0 unspecified atom stereocenters. The number of para-hydroxylation sites is 1. The van der Waals surface area contributed by atoms with Crippen molar-refractivity contribution >= 4 is 34.9 Å². The van der Waals surface area contributed by atoms with Crippen LogP contribution in [0.1, 0.15) is 48.0 Å². The Bertz CT molecular complexity index is 1100. The largest absolute Gasteiger partial charge is 0.375 e. The van der Waals surface area contributed by atoms with E-state index >= 15 is 0 Å². The Morgan fingerprint density at radius 2 is 1.68 bits per heavy atom. The zero-order chi connectivity index (χ0) is 21.8. The number of ketones is 1. The summed E-state index contributed by atoms with van der Waals surface area (Å²) in [6.07, 6.45) is 2.87. The van der Waals surface area contributed by atoms with E-state index in [0.29, 0.717) is 29.8 Å². The van der Waals surface area contributed by atoms with E-state index in [2.05, 4.69) is 5.32 Å². The Morgan fingerprint density at radius 1 is 1.00 bits per heavy atom. The van der Waals surface area contributed by atoms with Gasteiger partial charge in [0, 0.05) is 16.8 Å². The first-order chi connectivity index (χ1) is 14.9. The third-order valence-corrected chi connectivity index (χ3v) is 6.68. The lowest BCUT2D eigenvalue weighted by molar-refractivity contribution is -0.133. The van der Waals surface area contributed by atoms with Crippen molar-refractivity contribution in [1.82, 2.24) is 0 Å². The second-order valence-corrected chi connectivity index (χ2v) is 8.52. The van der Waals surface area contributed by atoms with E-state index in [0.717, 1.165) is 12.8 Å². The van der Waals surface area contributed by atoms with Crippen molar-refractivity contribution in [2.75, 3.05) is 10.2 Å². The highest BCUT2D eigenvalue weighted by molar-refractivity contribution is 6.22. The smallest absolute Gasteiger partial charge is 0.261 e. The van der Waals surface area contributed by atoms with Crippen LogP contribution in [-0.4, -0.2) is 28.6 Å². The second kappa shape index (κ2) is 7.13. The Kier molecular flexibility index (Phi) is 4.51. The summed E-state index contributed by atoms with van der Waals surface area (Å²) in [4.78, 5) is 52.4. The van der Waals surface area contributed by atoms with Gasteiger partial charge in [-0.1, -0.05) is 43.2 Å². The molecule has 0 bridgehead atoms.